The quantitative estimate of drug-likeness (QED) is 0.845. The molecule has 1 fully saturated rings. The first-order valence-corrected chi connectivity index (χ1v) is 6.67. The zero-order chi connectivity index (χ0) is 12.1. The fourth-order valence-corrected chi connectivity index (χ4v) is 2.66. The van der Waals surface area contributed by atoms with Gasteiger partial charge in [-0.05, 0) is 56.3 Å². The number of rotatable bonds is 4. The smallest absolute Gasteiger partial charge is 0.101 e. The molecule has 1 aliphatic heterocycles. The van der Waals surface area contributed by atoms with Gasteiger partial charge in [0, 0.05) is 6.42 Å². The molecule has 1 nitrogen and oxygen atoms in total. The largest absolute Gasteiger partial charge is 0.317 e. The van der Waals surface area contributed by atoms with E-state index in [1.165, 1.54) is 24.0 Å². The minimum atomic E-state index is -0.746. The molecule has 2 heteroatoms. The Morgan fingerprint density at radius 1 is 1.24 bits per heavy atom. The van der Waals surface area contributed by atoms with Gasteiger partial charge >= 0.3 is 0 Å². The Balaban J connectivity index is 2.03. The van der Waals surface area contributed by atoms with Crippen LogP contribution in [-0.2, 0) is 12.8 Å². The van der Waals surface area contributed by atoms with Crippen molar-refractivity contribution in [3.63, 3.8) is 0 Å². The molecule has 0 aromatic heterocycles. The van der Waals surface area contributed by atoms with Crippen LogP contribution in [0, 0.1) is 5.92 Å². The third-order valence-corrected chi connectivity index (χ3v) is 3.59. The Hall–Kier alpha value is -0.890. The highest BCUT2D eigenvalue weighted by Gasteiger charge is 2.15. The fraction of sp³-hybridized carbons (Fsp3) is 0.600. The third kappa shape index (κ3) is 3.81. The molecule has 0 radical (unpaired) electrons. The highest BCUT2D eigenvalue weighted by Crippen LogP contribution is 2.21. The Morgan fingerprint density at radius 2 is 1.88 bits per heavy atom. The summed E-state index contributed by atoms with van der Waals surface area (Å²) in [5, 5.41) is 3.39. The van der Waals surface area contributed by atoms with E-state index in [-0.39, 0.29) is 0 Å². The predicted octanol–water partition coefficient (Wildman–Crippen LogP) is 3.13. The Morgan fingerprint density at radius 3 is 2.53 bits per heavy atom. The zero-order valence-electron chi connectivity index (χ0n) is 10.6. The molecular formula is C15H22FN. The maximum Gasteiger partial charge on any atom is 0.101 e. The molecule has 1 saturated heterocycles. The van der Waals surface area contributed by atoms with Gasteiger partial charge in [-0.3, -0.25) is 0 Å². The van der Waals surface area contributed by atoms with Crippen LogP contribution in [-0.4, -0.2) is 19.3 Å². The van der Waals surface area contributed by atoms with Crippen molar-refractivity contribution in [1.82, 2.24) is 5.32 Å². The van der Waals surface area contributed by atoms with Crippen LogP contribution in [0.3, 0.4) is 0 Å². The van der Waals surface area contributed by atoms with Gasteiger partial charge in [-0.1, -0.05) is 24.3 Å². The summed E-state index contributed by atoms with van der Waals surface area (Å²) in [4.78, 5) is 0. The van der Waals surface area contributed by atoms with Crippen LogP contribution in [0.15, 0.2) is 24.3 Å². The van der Waals surface area contributed by atoms with Crippen LogP contribution in [0.1, 0.15) is 30.9 Å². The second kappa shape index (κ2) is 6.15. The number of benzene rings is 1. The lowest BCUT2D eigenvalue weighted by Crippen LogP contribution is -2.28. The molecule has 1 unspecified atom stereocenters. The molecule has 1 aliphatic rings. The van der Waals surface area contributed by atoms with Crippen molar-refractivity contribution in [2.45, 2.75) is 38.8 Å². The molecule has 2 rings (SSSR count). The first-order chi connectivity index (χ1) is 8.25. The van der Waals surface area contributed by atoms with E-state index in [0.29, 0.717) is 6.42 Å². The maximum absolute atomic E-state index is 13.1. The Labute approximate surface area is 103 Å². The van der Waals surface area contributed by atoms with E-state index >= 15 is 0 Å². The van der Waals surface area contributed by atoms with Crippen LogP contribution in [0.5, 0.6) is 0 Å². The van der Waals surface area contributed by atoms with Crippen LogP contribution in [0.4, 0.5) is 4.39 Å². The lowest BCUT2D eigenvalue weighted by Gasteiger charge is -2.23. The lowest BCUT2D eigenvalue weighted by molar-refractivity contribution is 0.354. The van der Waals surface area contributed by atoms with Crippen LogP contribution >= 0.6 is 0 Å². The minimum absolute atomic E-state index is 0.557. The van der Waals surface area contributed by atoms with Gasteiger partial charge in [-0.2, -0.15) is 0 Å². The number of piperidine rings is 1. The molecule has 0 spiro atoms. The van der Waals surface area contributed by atoms with Gasteiger partial charge in [0.25, 0.3) is 0 Å². The maximum atomic E-state index is 13.1. The van der Waals surface area contributed by atoms with E-state index in [9.17, 15) is 4.39 Å². The molecule has 0 amide bonds. The standard InChI is InChI=1S/C15H22FN/c1-12(16)10-14-4-2-3-5-15(14)11-13-6-8-17-9-7-13/h2-5,12-13,17H,6-11H2,1H3. The first kappa shape index (κ1) is 12.6. The van der Waals surface area contributed by atoms with E-state index in [1.807, 2.05) is 6.07 Å². The van der Waals surface area contributed by atoms with Crippen molar-refractivity contribution in [3.05, 3.63) is 35.4 Å². The summed E-state index contributed by atoms with van der Waals surface area (Å²) in [6, 6.07) is 8.33. The van der Waals surface area contributed by atoms with Crippen LogP contribution < -0.4 is 5.32 Å². The average molecular weight is 235 g/mol. The third-order valence-electron chi connectivity index (χ3n) is 3.59. The van der Waals surface area contributed by atoms with Gasteiger partial charge in [0.1, 0.15) is 6.17 Å². The Bertz CT molecular complexity index is 343. The predicted molar refractivity (Wildman–Crippen MR) is 70.0 cm³/mol. The van der Waals surface area contributed by atoms with Crippen molar-refractivity contribution >= 4 is 0 Å². The number of alkyl halides is 1. The van der Waals surface area contributed by atoms with Crippen molar-refractivity contribution in [2.24, 2.45) is 5.92 Å². The topological polar surface area (TPSA) is 12.0 Å². The summed E-state index contributed by atoms with van der Waals surface area (Å²) < 4.78 is 13.1. The second-order valence-electron chi connectivity index (χ2n) is 5.15. The lowest BCUT2D eigenvalue weighted by atomic mass is 9.88. The highest BCUT2D eigenvalue weighted by atomic mass is 19.1. The molecule has 1 N–H and O–H groups in total. The number of hydrogen-bond acceptors (Lipinski definition) is 1. The monoisotopic (exact) mass is 235 g/mol. The highest BCUT2D eigenvalue weighted by molar-refractivity contribution is 5.28. The number of nitrogens with one attached hydrogen (secondary N) is 1. The summed E-state index contributed by atoms with van der Waals surface area (Å²) in [6.07, 6.45) is 3.43. The zero-order valence-corrected chi connectivity index (χ0v) is 10.6. The molecule has 1 aromatic carbocycles. The molecular weight excluding hydrogens is 213 g/mol. The van der Waals surface area contributed by atoms with Gasteiger partial charge in [0.05, 0.1) is 0 Å². The van der Waals surface area contributed by atoms with Gasteiger partial charge in [-0.15, -0.1) is 0 Å². The van der Waals surface area contributed by atoms with Crippen LogP contribution in [0.25, 0.3) is 0 Å². The van der Waals surface area contributed by atoms with E-state index < -0.39 is 6.17 Å². The molecule has 1 heterocycles. The fourth-order valence-electron chi connectivity index (χ4n) is 2.66. The summed E-state index contributed by atoms with van der Waals surface area (Å²) in [5.41, 5.74) is 2.55. The summed E-state index contributed by atoms with van der Waals surface area (Å²) in [7, 11) is 0. The van der Waals surface area contributed by atoms with Gasteiger partial charge in [0.2, 0.25) is 0 Å². The van der Waals surface area contributed by atoms with E-state index in [0.717, 1.165) is 25.4 Å². The van der Waals surface area contributed by atoms with Crippen molar-refractivity contribution in [3.8, 4) is 0 Å². The van der Waals surface area contributed by atoms with Gasteiger partial charge in [0.15, 0.2) is 0 Å². The molecule has 1 atom stereocenters. The summed E-state index contributed by atoms with van der Waals surface area (Å²) in [6.45, 7) is 3.90. The number of halogens is 1. The minimum Gasteiger partial charge on any atom is -0.317 e. The number of hydrogen-bond donors (Lipinski definition) is 1. The van der Waals surface area contributed by atoms with Gasteiger partial charge in [-0.25, -0.2) is 4.39 Å². The average Bonchev–Trinajstić information content (AvgIpc) is 2.32. The normalized spacial score (nSPS) is 19.2. The van der Waals surface area contributed by atoms with Crippen molar-refractivity contribution < 1.29 is 4.39 Å². The molecule has 94 valence electrons. The summed E-state index contributed by atoms with van der Waals surface area (Å²) in [5.74, 6) is 0.771. The SMILES string of the molecule is CC(F)Cc1ccccc1CC1CCNCC1. The second-order valence-corrected chi connectivity index (χ2v) is 5.15. The summed E-state index contributed by atoms with van der Waals surface area (Å²) >= 11 is 0. The van der Waals surface area contributed by atoms with Crippen LogP contribution in [0.2, 0.25) is 0 Å². The molecule has 0 bridgehead atoms. The molecule has 0 aliphatic carbocycles. The molecule has 1 aromatic rings. The van der Waals surface area contributed by atoms with E-state index in [1.54, 1.807) is 6.92 Å². The van der Waals surface area contributed by atoms with E-state index in [2.05, 4.69) is 23.5 Å². The first-order valence-electron chi connectivity index (χ1n) is 6.67. The molecule has 17 heavy (non-hydrogen) atoms. The van der Waals surface area contributed by atoms with E-state index in [4.69, 9.17) is 0 Å². The molecule has 0 saturated carbocycles. The van der Waals surface area contributed by atoms with Gasteiger partial charge < -0.3 is 5.32 Å². The Kier molecular flexibility index (Phi) is 4.55. The van der Waals surface area contributed by atoms with Crippen molar-refractivity contribution in [2.75, 3.05) is 13.1 Å². The van der Waals surface area contributed by atoms with Crippen molar-refractivity contribution in [1.29, 1.82) is 0 Å².